The molecule has 0 aliphatic carbocycles. The monoisotopic (exact) mass is 211 g/mol. The summed E-state index contributed by atoms with van der Waals surface area (Å²) >= 11 is 0. The molecule has 0 amide bonds. The van der Waals surface area contributed by atoms with E-state index in [1.54, 1.807) is 0 Å². The molecule has 0 atom stereocenters. The van der Waals surface area contributed by atoms with Crippen LogP contribution in [0.15, 0.2) is 0 Å². The first-order chi connectivity index (χ1) is 5.70. The van der Waals surface area contributed by atoms with Crippen molar-refractivity contribution in [2.45, 2.75) is 51.1 Å². The second-order valence-corrected chi connectivity index (χ2v) is 13.9. The van der Waals surface area contributed by atoms with E-state index in [4.69, 9.17) is 0 Å². The standard InChI is InChI=1S/C10H18BP2/c1-7(2,3)9-11-10(8(4,5)6)12(9)13(9)10/h1-6H3. The molecule has 4 heterocycles. The summed E-state index contributed by atoms with van der Waals surface area (Å²) in [5.74, 6) is 0. The Balaban J connectivity index is 1.83. The zero-order valence-corrected chi connectivity index (χ0v) is 11.3. The van der Waals surface area contributed by atoms with Crippen LogP contribution in [0.4, 0.5) is 0 Å². The van der Waals surface area contributed by atoms with Crippen LogP contribution in [0.1, 0.15) is 41.5 Å². The summed E-state index contributed by atoms with van der Waals surface area (Å²) in [5.41, 5.74) is 1.16. The molecule has 4 saturated heterocycles. The van der Waals surface area contributed by atoms with Crippen LogP contribution in [0.5, 0.6) is 0 Å². The van der Waals surface area contributed by atoms with Gasteiger partial charge in [-0.3, -0.25) is 0 Å². The van der Waals surface area contributed by atoms with Crippen molar-refractivity contribution < 1.29 is 0 Å². The van der Waals surface area contributed by atoms with Gasteiger partial charge in [0.25, 0.3) is 0 Å². The molecule has 0 aromatic rings. The first kappa shape index (κ1) is 9.17. The Labute approximate surface area is 84.9 Å². The molecule has 0 aromatic carbocycles. The van der Waals surface area contributed by atoms with E-state index in [1.807, 2.05) is 0 Å². The Morgan fingerprint density at radius 3 is 1.23 bits per heavy atom. The molecule has 4 aliphatic heterocycles. The van der Waals surface area contributed by atoms with Crippen molar-refractivity contribution in [1.82, 2.24) is 0 Å². The number of hydrogen-bond donors (Lipinski definition) is 0. The molecular formula is C10H18BP2. The van der Waals surface area contributed by atoms with E-state index in [2.05, 4.69) is 48.8 Å². The summed E-state index contributed by atoms with van der Waals surface area (Å²) in [7, 11) is 3.74. The highest BCUT2D eigenvalue weighted by atomic mass is 32.2. The van der Waals surface area contributed by atoms with Gasteiger partial charge in [-0.1, -0.05) is 56.8 Å². The molecule has 0 unspecified atom stereocenters. The third kappa shape index (κ3) is 0.644. The highest BCUT2D eigenvalue weighted by Gasteiger charge is 3.05. The van der Waals surface area contributed by atoms with Crippen LogP contribution in [0.2, 0.25) is 0 Å². The molecular weight excluding hydrogens is 193 g/mol. The lowest BCUT2D eigenvalue weighted by Crippen LogP contribution is -2.63. The van der Waals surface area contributed by atoms with E-state index in [0.717, 1.165) is 9.59 Å². The molecule has 0 nitrogen and oxygen atoms in total. The van der Waals surface area contributed by atoms with Gasteiger partial charge >= 0.3 is 0 Å². The van der Waals surface area contributed by atoms with Crippen molar-refractivity contribution >= 4 is 22.5 Å². The highest BCUT2D eigenvalue weighted by Crippen LogP contribution is 3.38. The Kier molecular flexibility index (Phi) is 1.27. The molecule has 0 N–H and O–H groups in total. The molecule has 0 saturated carbocycles. The van der Waals surface area contributed by atoms with Gasteiger partial charge in [-0.15, -0.1) is 0 Å². The van der Waals surface area contributed by atoms with Gasteiger partial charge in [0.1, 0.15) is 0 Å². The molecule has 2 bridgehead atoms. The van der Waals surface area contributed by atoms with Gasteiger partial charge in [0, 0.05) is 0 Å². The second-order valence-electron chi connectivity index (χ2n) is 6.72. The highest BCUT2D eigenvalue weighted by molar-refractivity contribution is 8.70. The fourth-order valence-electron chi connectivity index (χ4n) is 3.03. The Bertz CT molecular complexity index is 259. The summed E-state index contributed by atoms with van der Waals surface area (Å²) in [6, 6.07) is 0. The topological polar surface area (TPSA) is 0 Å². The molecule has 4 fully saturated rings. The first-order valence-corrected chi connectivity index (χ1v) is 8.56. The molecule has 0 aromatic heterocycles. The fraction of sp³-hybridized carbons (Fsp3) is 1.00. The number of hydrogen-bond acceptors (Lipinski definition) is 0. The van der Waals surface area contributed by atoms with Gasteiger partial charge in [-0.05, 0) is 20.4 Å². The summed E-state index contributed by atoms with van der Waals surface area (Å²) in [4.78, 5) is 1.62. The van der Waals surface area contributed by atoms with Gasteiger partial charge in [-0.25, -0.2) is 0 Å². The maximum Gasteiger partial charge on any atom is 0.152 e. The average molecular weight is 211 g/mol. The molecule has 3 heteroatoms. The largest absolute Gasteiger partial charge is 0.152 e. The lowest BCUT2D eigenvalue weighted by molar-refractivity contribution is 0.359. The number of rotatable bonds is 0. The third-order valence-electron chi connectivity index (χ3n) is 4.02. The van der Waals surface area contributed by atoms with Gasteiger partial charge in [-0.2, -0.15) is 0 Å². The molecule has 71 valence electrons. The minimum absolute atomic E-state index is 0.497. The predicted octanol–water partition coefficient (Wildman–Crippen LogP) is 4.01. The maximum absolute atomic E-state index is 2.75. The Hall–Kier alpha value is 0.925. The second kappa shape index (κ2) is 1.80. The Morgan fingerprint density at radius 2 is 1.08 bits per heavy atom. The van der Waals surface area contributed by atoms with E-state index >= 15 is 0 Å². The molecule has 4 rings (SSSR count). The zero-order valence-electron chi connectivity index (χ0n) is 9.47. The summed E-state index contributed by atoms with van der Waals surface area (Å²) in [5, 5.41) is 0. The van der Waals surface area contributed by atoms with Crippen molar-refractivity contribution in [3.05, 3.63) is 0 Å². The minimum atomic E-state index is 0.497. The fourth-order valence-corrected chi connectivity index (χ4v) is 18.5. The smallest absolute Gasteiger partial charge is 0.0739 e. The van der Waals surface area contributed by atoms with Crippen molar-refractivity contribution in [2.75, 3.05) is 0 Å². The molecule has 13 heavy (non-hydrogen) atoms. The predicted molar refractivity (Wildman–Crippen MR) is 64.0 cm³/mol. The van der Waals surface area contributed by atoms with Gasteiger partial charge < -0.3 is 0 Å². The van der Waals surface area contributed by atoms with E-state index in [9.17, 15) is 0 Å². The van der Waals surface area contributed by atoms with E-state index < -0.39 is 0 Å². The SMILES string of the molecule is CC(C)(C)C12[B]C3(C(C)(C)C)P1P23. The van der Waals surface area contributed by atoms with Crippen LogP contribution in [0, 0.1) is 10.8 Å². The van der Waals surface area contributed by atoms with Crippen LogP contribution in [0.25, 0.3) is 0 Å². The van der Waals surface area contributed by atoms with Crippen LogP contribution in [-0.2, 0) is 0 Å². The van der Waals surface area contributed by atoms with E-state index in [0.29, 0.717) is 26.1 Å². The first-order valence-electron chi connectivity index (χ1n) is 5.17. The van der Waals surface area contributed by atoms with Crippen LogP contribution < -0.4 is 0 Å². The summed E-state index contributed by atoms with van der Waals surface area (Å²) in [6.45, 7) is 14.6. The Morgan fingerprint density at radius 1 is 0.769 bits per heavy atom. The molecule has 0 spiro atoms. The summed E-state index contributed by atoms with van der Waals surface area (Å²) in [6.07, 6.45) is 0. The lowest BCUT2D eigenvalue weighted by atomic mass is 9.52. The van der Waals surface area contributed by atoms with E-state index in [1.165, 1.54) is 0 Å². The van der Waals surface area contributed by atoms with Crippen molar-refractivity contribution in [2.24, 2.45) is 10.8 Å². The van der Waals surface area contributed by atoms with Crippen molar-refractivity contribution in [3.63, 3.8) is 0 Å². The van der Waals surface area contributed by atoms with Gasteiger partial charge in [0.15, 0.2) is 7.28 Å². The van der Waals surface area contributed by atoms with Crippen molar-refractivity contribution in [1.29, 1.82) is 0 Å². The quantitative estimate of drug-likeness (QED) is 0.419. The summed E-state index contributed by atoms with van der Waals surface area (Å²) < 4.78 is 0. The average Bonchev–Trinajstić information content (AvgIpc) is 2.41. The van der Waals surface area contributed by atoms with Crippen LogP contribution >= 0.6 is 15.2 Å². The van der Waals surface area contributed by atoms with Gasteiger partial charge in [0.2, 0.25) is 0 Å². The minimum Gasteiger partial charge on any atom is -0.0739 e. The molecule has 1 radical (unpaired) electrons. The van der Waals surface area contributed by atoms with E-state index in [-0.39, 0.29) is 0 Å². The maximum atomic E-state index is 2.75. The van der Waals surface area contributed by atoms with Crippen molar-refractivity contribution in [3.8, 4) is 0 Å². The molecule has 4 aliphatic rings. The lowest BCUT2D eigenvalue weighted by Gasteiger charge is -2.59. The zero-order chi connectivity index (χ0) is 9.86. The third-order valence-corrected chi connectivity index (χ3v) is 15.6. The van der Waals surface area contributed by atoms with Crippen LogP contribution in [0.3, 0.4) is 0 Å². The van der Waals surface area contributed by atoms with Gasteiger partial charge in [0.05, 0.1) is 0 Å². The normalized spacial score (nSPS) is 56.2. The van der Waals surface area contributed by atoms with Crippen LogP contribution in [-0.4, -0.2) is 16.9 Å².